The minimum atomic E-state index is 0.343. The first-order valence-electron chi connectivity index (χ1n) is 4.00. The molecule has 1 rings (SSSR count). The fraction of sp³-hybridized carbons (Fsp3) is 0.875. The molecular weight excluding hydrogens is 126 g/mol. The Bertz CT molecular complexity index is 131. The number of likely N-dealkylation sites (tertiary alicyclic amines) is 1. The predicted octanol–water partition coefficient (Wildman–Crippen LogP) is 1.26. The Morgan fingerprint density at radius 1 is 1.70 bits per heavy atom. The maximum atomic E-state index is 11.2. The molecule has 1 fully saturated rings. The van der Waals surface area contributed by atoms with Crippen LogP contribution in [-0.2, 0) is 4.79 Å². The third-order valence-corrected chi connectivity index (χ3v) is 2.18. The topological polar surface area (TPSA) is 20.3 Å². The Kier molecular flexibility index (Phi) is 2.30. The van der Waals surface area contributed by atoms with Gasteiger partial charge in [0.05, 0.1) is 0 Å². The van der Waals surface area contributed by atoms with Crippen LogP contribution in [0.4, 0.5) is 0 Å². The molecule has 1 heterocycles. The third-order valence-electron chi connectivity index (χ3n) is 2.18. The zero-order chi connectivity index (χ0) is 7.56. The molecule has 1 aliphatic rings. The zero-order valence-corrected chi connectivity index (χ0v) is 6.76. The molecule has 0 radical (unpaired) electrons. The normalized spacial score (nSPS) is 26.0. The molecule has 0 unspecified atom stereocenters. The molecule has 1 saturated heterocycles. The highest BCUT2D eigenvalue weighted by atomic mass is 16.2. The Labute approximate surface area is 62.2 Å². The van der Waals surface area contributed by atoms with Gasteiger partial charge in [0.15, 0.2) is 0 Å². The van der Waals surface area contributed by atoms with Gasteiger partial charge in [-0.2, -0.15) is 0 Å². The molecule has 1 aliphatic heterocycles. The van der Waals surface area contributed by atoms with Crippen LogP contribution in [0.3, 0.4) is 0 Å². The lowest BCUT2D eigenvalue weighted by Gasteiger charge is -2.08. The Hall–Kier alpha value is -0.530. The standard InChI is InChI=1S/C8H15NO/c1-3-4-7-5-6-9(2)8(7)10/h7H,3-6H2,1-2H3/t7-/m1/s1. The number of hydrogen-bond acceptors (Lipinski definition) is 1. The first-order valence-corrected chi connectivity index (χ1v) is 4.00. The smallest absolute Gasteiger partial charge is 0.225 e. The molecule has 1 atom stereocenters. The number of carbonyl (C=O) groups is 1. The van der Waals surface area contributed by atoms with Gasteiger partial charge in [0.25, 0.3) is 0 Å². The average Bonchev–Trinajstić information content (AvgIpc) is 2.20. The van der Waals surface area contributed by atoms with Crippen LogP contribution in [-0.4, -0.2) is 24.4 Å². The molecule has 0 spiro atoms. The van der Waals surface area contributed by atoms with Crippen molar-refractivity contribution < 1.29 is 4.79 Å². The molecule has 58 valence electrons. The quantitative estimate of drug-likeness (QED) is 0.567. The van der Waals surface area contributed by atoms with Gasteiger partial charge in [-0.15, -0.1) is 0 Å². The lowest BCUT2D eigenvalue weighted by atomic mass is 10.0. The number of amides is 1. The number of rotatable bonds is 2. The summed E-state index contributed by atoms with van der Waals surface area (Å²) in [5, 5.41) is 0. The number of nitrogens with zero attached hydrogens (tertiary/aromatic N) is 1. The zero-order valence-electron chi connectivity index (χ0n) is 6.76. The molecule has 0 aliphatic carbocycles. The van der Waals surface area contributed by atoms with E-state index in [0.717, 1.165) is 25.8 Å². The van der Waals surface area contributed by atoms with Crippen LogP contribution in [0, 0.1) is 5.92 Å². The van der Waals surface area contributed by atoms with Crippen LogP contribution < -0.4 is 0 Å². The maximum absolute atomic E-state index is 11.2. The van der Waals surface area contributed by atoms with Crippen molar-refractivity contribution in [2.45, 2.75) is 26.2 Å². The van der Waals surface area contributed by atoms with Gasteiger partial charge in [-0.05, 0) is 12.8 Å². The second-order valence-corrected chi connectivity index (χ2v) is 3.03. The third kappa shape index (κ3) is 1.31. The minimum absolute atomic E-state index is 0.343. The molecule has 0 N–H and O–H groups in total. The van der Waals surface area contributed by atoms with Gasteiger partial charge in [0.2, 0.25) is 5.91 Å². The van der Waals surface area contributed by atoms with Gasteiger partial charge in [-0.3, -0.25) is 4.79 Å². The van der Waals surface area contributed by atoms with Crippen LogP contribution in [0.1, 0.15) is 26.2 Å². The molecule has 0 bridgehead atoms. The van der Waals surface area contributed by atoms with E-state index in [-0.39, 0.29) is 0 Å². The van der Waals surface area contributed by atoms with Crippen LogP contribution in [0.25, 0.3) is 0 Å². The van der Waals surface area contributed by atoms with Crippen LogP contribution in [0.15, 0.2) is 0 Å². The summed E-state index contributed by atoms with van der Waals surface area (Å²) >= 11 is 0. The first kappa shape index (κ1) is 7.58. The molecule has 0 aromatic carbocycles. The lowest BCUT2D eigenvalue weighted by Crippen LogP contribution is -2.22. The van der Waals surface area contributed by atoms with Crippen molar-refractivity contribution in [2.75, 3.05) is 13.6 Å². The highest BCUT2D eigenvalue weighted by molar-refractivity contribution is 5.80. The summed E-state index contributed by atoms with van der Waals surface area (Å²) in [6.45, 7) is 3.09. The van der Waals surface area contributed by atoms with E-state index in [2.05, 4.69) is 6.92 Å². The van der Waals surface area contributed by atoms with Gasteiger partial charge >= 0.3 is 0 Å². The molecule has 2 nitrogen and oxygen atoms in total. The van der Waals surface area contributed by atoms with Crippen molar-refractivity contribution in [2.24, 2.45) is 5.92 Å². The molecule has 0 aromatic rings. The molecule has 1 amide bonds. The fourth-order valence-corrected chi connectivity index (χ4v) is 1.51. The number of hydrogen-bond donors (Lipinski definition) is 0. The van der Waals surface area contributed by atoms with Crippen LogP contribution in [0.5, 0.6) is 0 Å². The highest BCUT2D eigenvalue weighted by Gasteiger charge is 2.27. The van der Waals surface area contributed by atoms with E-state index >= 15 is 0 Å². The monoisotopic (exact) mass is 141 g/mol. The molecule has 0 aromatic heterocycles. The second kappa shape index (κ2) is 3.04. The highest BCUT2D eigenvalue weighted by Crippen LogP contribution is 2.20. The minimum Gasteiger partial charge on any atom is -0.345 e. The van der Waals surface area contributed by atoms with Gasteiger partial charge in [-0.1, -0.05) is 13.3 Å². The van der Waals surface area contributed by atoms with E-state index in [1.165, 1.54) is 0 Å². The summed E-state index contributed by atoms with van der Waals surface area (Å²) in [5.41, 5.74) is 0. The van der Waals surface area contributed by atoms with Gasteiger partial charge in [0.1, 0.15) is 0 Å². The van der Waals surface area contributed by atoms with Crippen molar-refractivity contribution in [3.05, 3.63) is 0 Å². The summed E-state index contributed by atoms with van der Waals surface area (Å²) < 4.78 is 0. The van der Waals surface area contributed by atoms with Gasteiger partial charge < -0.3 is 4.90 Å². The SMILES string of the molecule is CCC[C@@H]1CCN(C)C1=O. The largest absolute Gasteiger partial charge is 0.345 e. The maximum Gasteiger partial charge on any atom is 0.225 e. The summed E-state index contributed by atoms with van der Waals surface area (Å²) in [4.78, 5) is 13.1. The van der Waals surface area contributed by atoms with E-state index in [9.17, 15) is 4.79 Å². The van der Waals surface area contributed by atoms with E-state index in [0.29, 0.717) is 11.8 Å². The van der Waals surface area contributed by atoms with Crippen molar-refractivity contribution in [3.8, 4) is 0 Å². The first-order chi connectivity index (χ1) is 4.75. The summed E-state index contributed by atoms with van der Waals surface area (Å²) in [7, 11) is 1.89. The van der Waals surface area contributed by atoms with Crippen molar-refractivity contribution in [3.63, 3.8) is 0 Å². The molecule has 2 heteroatoms. The fourth-order valence-electron chi connectivity index (χ4n) is 1.51. The van der Waals surface area contributed by atoms with E-state index in [1.807, 2.05) is 11.9 Å². The Balaban J connectivity index is 2.41. The van der Waals surface area contributed by atoms with Gasteiger partial charge in [0, 0.05) is 19.5 Å². The summed E-state index contributed by atoms with van der Waals surface area (Å²) in [5.74, 6) is 0.692. The van der Waals surface area contributed by atoms with Crippen LogP contribution in [0.2, 0.25) is 0 Å². The van der Waals surface area contributed by atoms with E-state index in [1.54, 1.807) is 0 Å². The number of carbonyl (C=O) groups excluding carboxylic acids is 1. The molecule has 0 saturated carbocycles. The second-order valence-electron chi connectivity index (χ2n) is 3.03. The van der Waals surface area contributed by atoms with Crippen molar-refractivity contribution in [1.82, 2.24) is 4.90 Å². The Morgan fingerprint density at radius 2 is 2.40 bits per heavy atom. The van der Waals surface area contributed by atoms with Crippen molar-refractivity contribution >= 4 is 5.91 Å². The lowest BCUT2D eigenvalue weighted by molar-refractivity contribution is -0.130. The van der Waals surface area contributed by atoms with E-state index in [4.69, 9.17) is 0 Å². The predicted molar refractivity (Wildman–Crippen MR) is 40.7 cm³/mol. The Morgan fingerprint density at radius 3 is 2.80 bits per heavy atom. The van der Waals surface area contributed by atoms with Crippen molar-refractivity contribution in [1.29, 1.82) is 0 Å². The average molecular weight is 141 g/mol. The van der Waals surface area contributed by atoms with Crippen LogP contribution >= 0.6 is 0 Å². The summed E-state index contributed by atoms with van der Waals surface area (Å²) in [6.07, 6.45) is 3.27. The molecular formula is C8H15NO. The van der Waals surface area contributed by atoms with Gasteiger partial charge in [-0.25, -0.2) is 0 Å². The summed E-state index contributed by atoms with van der Waals surface area (Å²) in [6, 6.07) is 0. The molecule has 10 heavy (non-hydrogen) atoms. The van der Waals surface area contributed by atoms with E-state index < -0.39 is 0 Å².